The van der Waals surface area contributed by atoms with Gasteiger partial charge < -0.3 is 9.64 Å². The number of anilines is 3. The quantitative estimate of drug-likeness (QED) is 0.267. The van der Waals surface area contributed by atoms with Crippen molar-refractivity contribution < 1.29 is 14.3 Å². The molecule has 0 spiro atoms. The van der Waals surface area contributed by atoms with Crippen molar-refractivity contribution in [3.63, 3.8) is 0 Å². The number of hydrogen-bond acceptors (Lipinski definition) is 5. The van der Waals surface area contributed by atoms with E-state index in [1.807, 2.05) is 55.5 Å². The van der Waals surface area contributed by atoms with Crippen LogP contribution in [-0.4, -0.2) is 35.8 Å². The normalized spacial score (nSPS) is 16.0. The lowest BCUT2D eigenvalue weighted by atomic mass is 10.1. The predicted molar refractivity (Wildman–Crippen MR) is 146 cm³/mol. The molecule has 1 heterocycles. The van der Waals surface area contributed by atoms with E-state index in [1.54, 1.807) is 24.3 Å². The van der Waals surface area contributed by atoms with Crippen LogP contribution in [0.15, 0.2) is 114 Å². The summed E-state index contributed by atoms with van der Waals surface area (Å²) in [5, 5.41) is 0. The number of aldehydes is 1. The molecule has 1 fully saturated rings. The number of amides is 1. The molecule has 5 rings (SSSR count). The minimum absolute atomic E-state index is 0.135. The van der Waals surface area contributed by atoms with Crippen LogP contribution in [0.2, 0.25) is 0 Å². The van der Waals surface area contributed by atoms with E-state index in [2.05, 4.69) is 46.3 Å². The van der Waals surface area contributed by atoms with Crippen LogP contribution in [0, 0.1) is 0 Å². The van der Waals surface area contributed by atoms with Crippen LogP contribution in [0.3, 0.4) is 0 Å². The molecule has 4 aromatic carbocycles. The van der Waals surface area contributed by atoms with Gasteiger partial charge in [-0.1, -0.05) is 60.7 Å². The van der Waals surface area contributed by atoms with E-state index in [1.165, 1.54) is 4.90 Å². The Bertz CT molecular complexity index is 1360. The predicted octanol–water partition coefficient (Wildman–Crippen LogP) is 6.45. The van der Waals surface area contributed by atoms with Gasteiger partial charge in [0.2, 0.25) is 0 Å². The number of aliphatic imine (C=N–C) groups is 1. The first-order chi connectivity index (χ1) is 18.2. The molecule has 0 N–H and O–H groups in total. The van der Waals surface area contributed by atoms with Crippen molar-refractivity contribution >= 4 is 41.0 Å². The van der Waals surface area contributed by atoms with Crippen LogP contribution in [0.25, 0.3) is 0 Å². The first-order valence-corrected chi connectivity index (χ1v) is 12.3. The lowest BCUT2D eigenvalue weighted by molar-refractivity contribution is -0.129. The standard InChI is InChI=1S/C31H27N3O3/c1-2-33-30(36)29(37-31(33)32-28-16-10-9-11-24(28)22-35)21-23-17-19-27(20-18-23)34(25-12-5-3-6-13-25)26-14-7-4-8-15-26/h3-20,22,29H,2,21H2,1H3. The molecule has 0 aromatic heterocycles. The van der Waals surface area contributed by atoms with E-state index in [0.717, 1.165) is 28.9 Å². The first-order valence-electron chi connectivity index (χ1n) is 12.3. The summed E-state index contributed by atoms with van der Waals surface area (Å²) in [4.78, 5) is 32.7. The third kappa shape index (κ3) is 5.14. The number of carbonyl (C=O) groups excluding carboxylic acids is 2. The molecule has 4 aromatic rings. The zero-order chi connectivity index (χ0) is 25.6. The van der Waals surface area contributed by atoms with Crippen molar-refractivity contribution in [1.29, 1.82) is 0 Å². The summed E-state index contributed by atoms with van der Waals surface area (Å²) in [5.74, 6) is -0.135. The number of para-hydroxylation sites is 3. The Morgan fingerprint density at radius 3 is 1.97 bits per heavy atom. The lowest BCUT2D eigenvalue weighted by Crippen LogP contribution is -2.32. The molecule has 37 heavy (non-hydrogen) atoms. The summed E-state index contributed by atoms with van der Waals surface area (Å²) in [6, 6.07) is 35.8. The lowest BCUT2D eigenvalue weighted by Gasteiger charge is -2.25. The third-order valence-electron chi connectivity index (χ3n) is 6.26. The number of nitrogens with zero attached hydrogens (tertiary/aromatic N) is 3. The Kier molecular flexibility index (Phi) is 7.08. The maximum atomic E-state index is 13.1. The van der Waals surface area contributed by atoms with Gasteiger partial charge in [0.05, 0.1) is 5.69 Å². The highest BCUT2D eigenvalue weighted by Gasteiger charge is 2.38. The molecule has 0 aliphatic carbocycles. The number of ether oxygens (including phenoxy) is 1. The number of carbonyl (C=O) groups is 2. The average molecular weight is 490 g/mol. The van der Waals surface area contributed by atoms with E-state index >= 15 is 0 Å². The van der Waals surface area contributed by atoms with Crippen LogP contribution < -0.4 is 4.90 Å². The van der Waals surface area contributed by atoms with Crippen molar-refractivity contribution in [1.82, 2.24) is 4.90 Å². The van der Waals surface area contributed by atoms with Crippen molar-refractivity contribution in [3.8, 4) is 0 Å². The summed E-state index contributed by atoms with van der Waals surface area (Å²) in [5.41, 5.74) is 5.04. The summed E-state index contributed by atoms with van der Waals surface area (Å²) >= 11 is 0. The van der Waals surface area contributed by atoms with E-state index in [9.17, 15) is 9.59 Å². The number of hydrogen-bond donors (Lipinski definition) is 0. The highest BCUT2D eigenvalue weighted by Crippen LogP contribution is 2.34. The second-order valence-electron chi connectivity index (χ2n) is 8.64. The van der Waals surface area contributed by atoms with Gasteiger partial charge in [0.15, 0.2) is 12.4 Å². The van der Waals surface area contributed by atoms with Crippen molar-refractivity contribution in [3.05, 3.63) is 120 Å². The van der Waals surface area contributed by atoms with Gasteiger partial charge in [0.25, 0.3) is 11.9 Å². The van der Waals surface area contributed by atoms with Gasteiger partial charge in [-0.25, -0.2) is 0 Å². The Hall–Kier alpha value is -4.71. The number of likely N-dealkylation sites (N-methyl/N-ethyl adjacent to an activating group) is 1. The molecule has 1 unspecified atom stereocenters. The molecule has 0 radical (unpaired) electrons. The SMILES string of the molecule is CCN1C(=O)C(Cc2ccc(N(c3ccccc3)c3ccccc3)cc2)OC1=Nc1ccccc1C=O. The van der Waals surface area contributed by atoms with Gasteiger partial charge >= 0.3 is 0 Å². The van der Waals surface area contributed by atoms with Crippen LogP contribution >= 0.6 is 0 Å². The highest BCUT2D eigenvalue weighted by atomic mass is 16.5. The maximum absolute atomic E-state index is 13.1. The summed E-state index contributed by atoms with van der Waals surface area (Å²) in [7, 11) is 0. The zero-order valence-electron chi connectivity index (χ0n) is 20.5. The Balaban J connectivity index is 1.38. The van der Waals surface area contributed by atoms with Gasteiger partial charge in [-0.15, -0.1) is 0 Å². The number of rotatable bonds is 8. The topological polar surface area (TPSA) is 62.2 Å². The summed E-state index contributed by atoms with van der Waals surface area (Å²) < 4.78 is 6.00. The Labute approximate surface area is 216 Å². The highest BCUT2D eigenvalue weighted by molar-refractivity contribution is 6.03. The van der Waals surface area contributed by atoms with E-state index < -0.39 is 6.10 Å². The van der Waals surface area contributed by atoms with Gasteiger partial charge in [0.1, 0.15) is 0 Å². The van der Waals surface area contributed by atoms with Crippen LogP contribution in [0.5, 0.6) is 0 Å². The number of benzene rings is 4. The average Bonchev–Trinajstić information content (AvgIpc) is 3.24. The molecule has 6 nitrogen and oxygen atoms in total. The van der Waals surface area contributed by atoms with Gasteiger partial charge in [-0.05, 0) is 61.0 Å². The molecule has 0 bridgehead atoms. The fourth-order valence-electron chi connectivity index (χ4n) is 4.40. The van der Waals surface area contributed by atoms with Crippen LogP contribution in [0.1, 0.15) is 22.8 Å². The Morgan fingerprint density at radius 1 is 0.811 bits per heavy atom. The minimum Gasteiger partial charge on any atom is -0.451 e. The Morgan fingerprint density at radius 2 is 1.38 bits per heavy atom. The summed E-state index contributed by atoms with van der Waals surface area (Å²) in [6.45, 7) is 2.31. The second-order valence-corrected chi connectivity index (χ2v) is 8.64. The third-order valence-corrected chi connectivity index (χ3v) is 6.26. The maximum Gasteiger partial charge on any atom is 0.300 e. The molecule has 0 saturated carbocycles. The first kappa shape index (κ1) is 24.0. The van der Waals surface area contributed by atoms with E-state index in [-0.39, 0.29) is 11.9 Å². The fraction of sp³-hybridized carbons (Fsp3) is 0.129. The van der Waals surface area contributed by atoms with Gasteiger partial charge in [0, 0.05) is 35.6 Å². The molecular weight excluding hydrogens is 462 g/mol. The largest absolute Gasteiger partial charge is 0.451 e. The van der Waals surface area contributed by atoms with E-state index in [4.69, 9.17) is 4.74 Å². The smallest absolute Gasteiger partial charge is 0.300 e. The molecule has 1 saturated heterocycles. The zero-order valence-corrected chi connectivity index (χ0v) is 20.5. The van der Waals surface area contributed by atoms with Crippen LogP contribution in [-0.2, 0) is 16.0 Å². The molecular formula is C31H27N3O3. The molecule has 1 aliphatic rings. The molecule has 1 amide bonds. The van der Waals surface area contributed by atoms with Crippen molar-refractivity contribution in [2.45, 2.75) is 19.4 Å². The minimum atomic E-state index is -0.674. The molecule has 1 atom stereocenters. The van der Waals surface area contributed by atoms with E-state index in [0.29, 0.717) is 24.2 Å². The monoisotopic (exact) mass is 489 g/mol. The summed E-state index contributed by atoms with van der Waals surface area (Å²) in [6.07, 6.45) is 0.493. The van der Waals surface area contributed by atoms with Gasteiger partial charge in [-0.3, -0.25) is 14.5 Å². The second kappa shape index (κ2) is 10.9. The van der Waals surface area contributed by atoms with Crippen molar-refractivity contribution in [2.75, 3.05) is 11.4 Å². The molecule has 6 heteroatoms. The molecule has 184 valence electrons. The van der Waals surface area contributed by atoms with Crippen molar-refractivity contribution in [2.24, 2.45) is 4.99 Å². The number of amidine groups is 1. The van der Waals surface area contributed by atoms with Gasteiger partial charge in [-0.2, -0.15) is 4.99 Å². The fourth-order valence-corrected chi connectivity index (χ4v) is 4.40. The molecule has 1 aliphatic heterocycles. The van der Waals surface area contributed by atoms with Crippen LogP contribution in [0.4, 0.5) is 22.7 Å².